The Morgan fingerprint density at radius 2 is 2.00 bits per heavy atom. The second kappa shape index (κ2) is 6.72. The summed E-state index contributed by atoms with van der Waals surface area (Å²) in [6.07, 6.45) is 5.59. The van der Waals surface area contributed by atoms with E-state index in [0.717, 1.165) is 18.4 Å². The molecule has 2 fully saturated rings. The van der Waals surface area contributed by atoms with Gasteiger partial charge in [0.25, 0.3) is 0 Å². The van der Waals surface area contributed by atoms with Crippen molar-refractivity contribution >= 4 is 0 Å². The number of rotatable bonds is 5. The van der Waals surface area contributed by atoms with Crippen molar-refractivity contribution in [2.24, 2.45) is 11.8 Å². The SMILES string of the molecule is CCN1CCC(CC2CNC(COC)C2)CC1. The molecule has 2 aliphatic rings. The van der Waals surface area contributed by atoms with Crippen molar-refractivity contribution in [2.75, 3.05) is 39.9 Å². The van der Waals surface area contributed by atoms with Crippen molar-refractivity contribution in [3.05, 3.63) is 0 Å². The van der Waals surface area contributed by atoms with Gasteiger partial charge in [0.15, 0.2) is 0 Å². The highest BCUT2D eigenvalue weighted by Gasteiger charge is 2.27. The largest absolute Gasteiger partial charge is 0.383 e. The van der Waals surface area contributed by atoms with Gasteiger partial charge in [-0.3, -0.25) is 0 Å². The Hall–Kier alpha value is -0.120. The summed E-state index contributed by atoms with van der Waals surface area (Å²) < 4.78 is 5.22. The first-order chi connectivity index (χ1) is 8.31. The van der Waals surface area contributed by atoms with Crippen LogP contribution in [0, 0.1) is 11.8 Å². The standard InChI is InChI=1S/C14H28N2O/c1-3-16-6-4-12(5-7-16)8-13-9-14(11-17-2)15-10-13/h12-15H,3-11H2,1-2H3. The second-order valence-corrected chi connectivity index (χ2v) is 5.78. The summed E-state index contributed by atoms with van der Waals surface area (Å²) in [7, 11) is 1.80. The highest BCUT2D eigenvalue weighted by atomic mass is 16.5. The van der Waals surface area contributed by atoms with E-state index in [1.807, 2.05) is 0 Å². The first-order valence-electron chi connectivity index (χ1n) is 7.26. The van der Waals surface area contributed by atoms with Crippen molar-refractivity contribution in [3.63, 3.8) is 0 Å². The third-order valence-electron chi connectivity index (χ3n) is 4.50. The number of nitrogens with zero attached hydrogens (tertiary/aromatic N) is 1. The van der Waals surface area contributed by atoms with Gasteiger partial charge in [0.1, 0.15) is 0 Å². The van der Waals surface area contributed by atoms with Crippen molar-refractivity contribution < 1.29 is 4.74 Å². The highest BCUT2D eigenvalue weighted by molar-refractivity contribution is 4.84. The maximum Gasteiger partial charge on any atom is 0.0615 e. The molecule has 2 aliphatic heterocycles. The number of nitrogens with one attached hydrogen (secondary N) is 1. The Morgan fingerprint density at radius 3 is 2.65 bits per heavy atom. The Balaban J connectivity index is 1.65. The lowest BCUT2D eigenvalue weighted by Crippen LogP contribution is -2.34. The van der Waals surface area contributed by atoms with Crippen molar-refractivity contribution in [2.45, 2.75) is 38.6 Å². The molecule has 0 spiro atoms. The Bertz CT molecular complexity index is 214. The molecular formula is C14H28N2O. The zero-order valence-electron chi connectivity index (χ0n) is 11.5. The number of piperidine rings is 1. The van der Waals surface area contributed by atoms with E-state index < -0.39 is 0 Å². The Morgan fingerprint density at radius 1 is 1.24 bits per heavy atom. The molecule has 3 heteroatoms. The van der Waals surface area contributed by atoms with Crippen LogP contribution < -0.4 is 5.32 Å². The molecule has 0 aromatic carbocycles. The predicted octanol–water partition coefficient (Wildman–Crippen LogP) is 1.73. The fourth-order valence-corrected chi connectivity index (χ4v) is 3.42. The molecule has 0 aromatic heterocycles. The summed E-state index contributed by atoms with van der Waals surface area (Å²) in [6, 6.07) is 0.612. The maximum atomic E-state index is 5.22. The van der Waals surface area contributed by atoms with Crippen LogP contribution in [0.2, 0.25) is 0 Å². The summed E-state index contributed by atoms with van der Waals surface area (Å²) in [5.41, 5.74) is 0. The van der Waals surface area contributed by atoms with E-state index in [9.17, 15) is 0 Å². The molecule has 2 rings (SSSR count). The van der Waals surface area contributed by atoms with Gasteiger partial charge < -0.3 is 15.0 Å². The molecule has 0 saturated carbocycles. The molecule has 0 aliphatic carbocycles. The molecule has 2 unspecified atom stereocenters. The summed E-state index contributed by atoms with van der Waals surface area (Å²) in [6.45, 7) is 8.24. The van der Waals surface area contributed by atoms with Crippen LogP contribution in [0.15, 0.2) is 0 Å². The lowest BCUT2D eigenvalue weighted by molar-refractivity contribution is 0.165. The molecule has 100 valence electrons. The van der Waals surface area contributed by atoms with Crippen LogP contribution in [0.5, 0.6) is 0 Å². The molecule has 0 amide bonds. The van der Waals surface area contributed by atoms with E-state index in [-0.39, 0.29) is 0 Å². The number of ether oxygens (including phenoxy) is 1. The van der Waals surface area contributed by atoms with Crippen LogP contribution in [-0.4, -0.2) is 50.8 Å². The Kier molecular flexibility index (Phi) is 5.26. The normalized spacial score (nSPS) is 32.1. The maximum absolute atomic E-state index is 5.22. The van der Waals surface area contributed by atoms with Crippen molar-refractivity contribution in [3.8, 4) is 0 Å². The first kappa shape index (κ1) is 13.3. The van der Waals surface area contributed by atoms with Gasteiger partial charge in [-0.05, 0) is 63.7 Å². The van der Waals surface area contributed by atoms with Crippen LogP contribution in [0.25, 0.3) is 0 Å². The van der Waals surface area contributed by atoms with Crippen molar-refractivity contribution in [1.82, 2.24) is 10.2 Å². The van der Waals surface area contributed by atoms with Crippen LogP contribution in [0.1, 0.15) is 32.6 Å². The molecule has 0 radical (unpaired) electrons. The fraction of sp³-hybridized carbons (Fsp3) is 1.00. The number of methoxy groups -OCH3 is 1. The second-order valence-electron chi connectivity index (χ2n) is 5.78. The monoisotopic (exact) mass is 240 g/mol. The molecule has 2 heterocycles. The van der Waals surface area contributed by atoms with Gasteiger partial charge in [-0.1, -0.05) is 6.92 Å². The zero-order chi connectivity index (χ0) is 12.1. The molecule has 0 aromatic rings. The fourth-order valence-electron chi connectivity index (χ4n) is 3.42. The third-order valence-corrected chi connectivity index (χ3v) is 4.50. The molecular weight excluding hydrogens is 212 g/mol. The van der Waals surface area contributed by atoms with E-state index in [1.165, 1.54) is 51.9 Å². The quantitative estimate of drug-likeness (QED) is 0.792. The lowest BCUT2D eigenvalue weighted by atomic mass is 9.86. The van der Waals surface area contributed by atoms with Crippen LogP contribution >= 0.6 is 0 Å². The van der Waals surface area contributed by atoms with E-state index in [4.69, 9.17) is 4.74 Å². The number of likely N-dealkylation sites (tertiary alicyclic amines) is 1. The van der Waals surface area contributed by atoms with Gasteiger partial charge in [-0.15, -0.1) is 0 Å². The van der Waals surface area contributed by atoms with Gasteiger partial charge in [0, 0.05) is 13.2 Å². The average Bonchev–Trinajstić information content (AvgIpc) is 2.78. The van der Waals surface area contributed by atoms with Crippen LogP contribution in [0.3, 0.4) is 0 Å². The zero-order valence-corrected chi connectivity index (χ0v) is 11.5. The number of hydrogen-bond donors (Lipinski definition) is 1. The van der Waals surface area contributed by atoms with Crippen molar-refractivity contribution in [1.29, 1.82) is 0 Å². The smallest absolute Gasteiger partial charge is 0.0615 e. The summed E-state index contributed by atoms with van der Waals surface area (Å²) >= 11 is 0. The average molecular weight is 240 g/mol. The van der Waals surface area contributed by atoms with Crippen LogP contribution in [0.4, 0.5) is 0 Å². The third kappa shape index (κ3) is 3.94. The summed E-state index contributed by atoms with van der Waals surface area (Å²) in [5, 5.41) is 3.58. The Labute approximate surface area is 106 Å². The predicted molar refractivity (Wildman–Crippen MR) is 71.2 cm³/mol. The molecule has 17 heavy (non-hydrogen) atoms. The molecule has 2 atom stereocenters. The van der Waals surface area contributed by atoms with Gasteiger partial charge >= 0.3 is 0 Å². The molecule has 2 saturated heterocycles. The van der Waals surface area contributed by atoms with E-state index in [0.29, 0.717) is 6.04 Å². The van der Waals surface area contributed by atoms with E-state index >= 15 is 0 Å². The van der Waals surface area contributed by atoms with Crippen LogP contribution in [-0.2, 0) is 4.74 Å². The highest BCUT2D eigenvalue weighted by Crippen LogP contribution is 2.28. The topological polar surface area (TPSA) is 24.5 Å². The minimum atomic E-state index is 0.612. The summed E-state index contributed by atoms with van der Waals surface area (Å²) in [4.78, 5) is 2.58. The van der Waals surface area contributed by atoms with Gasteiger partial charge in [0.05, 0.1) is 6.61 Å². The lowest BCUT2D eigenvalue weighted by Gasteiger charge is -2.32. The van der Waals surface area contributed by atoms with Gasteiger partial charge in [-0.2, -0.15) is 0 Å². The molecule has 0 bridgehead atoms. The minimum absolute atomic E-state index is 0.612. The molecule has 3 nitrogen and oxygen atoms in total. The van der Waals surface area contributed by atoms with E-state index in [2.05, 4.69) is 17.1 Å². The summed E-state index contributed by atoms with van der Waals surface area (Å²) in [5.74, 6) is 1.87. The minimum Gasteiger partial charge on any atom is -0.383 e. The first-order valence-corrected chi connectivity index (χ1v) is 7.26. The van der Waals surface area contributed by atoms with Gasteiger partial charge in [-0.25, -0.2) is 0 Å². The van der Waals surface area contributed by atoms with Gasteiger partial charge in [0.2, 0.25) is 0 Å². The molecule has 1 N–H and O–H groups in total. The van der Waals surface area contributed by atoms with E-state index in [1.54, 1.807) is 7.11 Å². The number of hydrogen-bond acceptors (Lipinski definition) is 3.